The zero-order valence-corrected chi connectivity index (χ0v) is 26.8. The van der Waals surface area contributed by atoms with Gasteiger partial charge in [0.2, 0.25) is 0 Å². The van der Waals surface area contributed by atoms with E-state index in [1.54, 1.807) is 22.3 Å². The third kappa shape index (κ3) is 2.60. The van der Waals surface area contributed by atoms with Crippen LogP contribution in [0.5, 0.6) is 0 Å². The van der Waals surface area contributed by atoms with Crippen molar-refractivity contribution < 1.29 is 0 Å². The normalized spacial score (nSPS) is 32.0. The van der Waals surface area contributed by atoms with Gasteiger partial charge in [-0.2, -0.15) is 0 Å². The van der Waals surface area contributed by atoms with Crippen LogP contribution in [0.15, 0.2) is 60.7 Å². The fourth-order valence-electron chi connectivity index (χ4n) is 11.4. The maximum atomic E-state index is 2.83. The van der Waals surface area contributed by atoms with Crippen LogP contribution in [0.3, 0.4) is 0 Å². The maximum Gasteiger partial charge on any atom is 0.0386 e. The van der Waals surface area contributed by atoms with E-state index in [1.807, 2.05) is 0 Å². The van der Waals surface area contributed by atoms with Crippen LogP contribution in [0.4, 0.5) is 0 Å². The van der Waals surface area contributed by atoms with Crippen molar-refractivity contribution in [3.8, 4) is 22.3 Å². The quantitative estimate of drug-likeness (QED) is 0.194. The summed E-state index contributed by atoms with van der Waals surface area (Å²) < 4.78 is 0. The number of rotatable bonds is 2. The van der Waals surface area contributed by atoms with Crippen molar-refractivity contribution >= 4 is 21.5 Å². The fraction of sp³-hybridized carbons (Fsp3) is 0.381. The largest absolute Gasteiger partial charge is 0.284 e. The SMILES string of the molecule is Cc1cc2c(-c3cccc4c3C3CC5(C)CC4N35)c3cc(C)c(C)cc3c(-c3cccc4c3C3CC5(C)CC4N35)c2cc1C. The van der Waals surface area contributed by atoms with E-state index in [0.29, 0.717) is 35.2 Å². The molecule has 0 amide bonds. The molecule has 6 atom stereocenters. The Labute approximate surface area is 260 Å². The molecule has 11 rings (SSSR count). The molecule has 4 fully saturated rings. The molecule has 5 aromatic carbocycles. The topological polar surface area (TPSA) is 6.48 Å². The van der Waals surface area contributed by atoms with Crippen molar-refractivity contribution in [1.29, 1.82) is 0 Å². The van der Waals surface area contributed by atoms with Gasteiger partial charge in [0.25, 0.3) is 0 Å². The van der Waals surface area contributed by atoms with E-state index in [9.17, 15) is 0 Å². The standard InChI is InChI=1S/C42H40N2/c1-21-13-29-30(14-22(21)2)38(28-12-8-10-26-34-18-42(6)20-36(40(26)28)44(34)42)32-16-24(4)23(3)15-31(32)37(29)27-11-7-9-25-33-17-41(5)19-35(39(25)27)43(33)41/h7-16,33-36H,17-20H2,1-6H3. The van der Waals surface area contributed by atoms with E-state index >= 15 is 0 Å². The van der Waals surface area contributed by atoms with E-state index in [2.05, 4.69) is 112 Å². The van der Waals surface area contributed by atoms with Crippen LogP contribution in [0.25, 0.3) is 43.8 Å². The van der Waals surface area contributed by atoms with E-state index in [-0.39, 0.29) is 0 Å². The summed E-state index contributed by atoms with van der Waals surface area (Å²) in [5.41, 5.74) is 18.7. The van der Waals surface area contributed by atoms with Crippen LogP contribution in [0, 0.1) is 27.7 Å². The summed E-state index contributed by atoms with van der Waals surface area (Å²) in [6.07, 6.45) is 5.22. The predicted molar refractivity (Wildman–Crippen MR) is 181 cm³/mol. The van der Waals surface area contributed by atoms with Crippen LogP contribution >= 0.6 is 0 Å². The van der Waals surface area contributed by atoms with E-state index < -0.39 is 0 Å². The number of aryl methyl sites for hydroxylation is 4. The van der Waals surface area contributed by atoms with Crippen LogP contribution < -0.4 is 0 Å². The lowest BCUT2D eigenvalue weighted by Gasteiger charge is -2.65. The third-order valence-corrected chi connectivity index (χ3v) is 13.7. The van der Waals surface area contributed by atoms with Gasteiger partial charge in [-0.25, -0.2) is 0 Å². The average molecular weight is 573 g/mol. The lowest BCUT2D eigenvalue weighted by molar-refractivity contribution is -0.177. The molecule has 44 heavy (non-hydrogen) atoms. The first-order chi connectivity index (χ1) is 21.2. The van der Waals surface area contributed by atoms with Crippen molar-refractivity contribution in [3.63, 3.8) is 0 Å². The van der Waals surface area contributed by atoms with Gasteiger partial charge in [-0.1, -0.05) is 60.7 Å². The van der Waals surface area contributed by atoms with Gasteiger partial charge in [0.05, 0.1) is 0 Å². The molecule has 6 aliphatic heterocycles. The molecule has 6 heterocycles. The molecule has 0 aliphatic carbocycles. The minimum atomic E-state index is 0.418. The molecular weight excluding hydrogens is 532 g/mol. The van der Waals surface area contributed by atoms with Gasteiger partial charge in [-0.15, -0.1) is 0 Å². The minimum absolute atomic E-state index is 0.418. The monoisotopic (exact) mass is 572 g/mol. The average Bonchev–Trinajstić information content (AvgIpc) is 3.19. The number of nitrogens with zero attached hydrogens (tertiary/aromatic N) is 2. The highest BCUT2D eigenvalue weighted by Crippen LogP contribution is 2.71. The van der Waals surface area contributed by atoms with E-state index in [1.165, 1.54) is 91.7 Å². The fourth-order valence-corrected chi connectivity index (χ4v) is 11.4. The van der Waals surface area contributed by atoms with Crippen molar-refractivity contribution in [2.24, 2.45) is 0 Å². The number of fused-ring (bicyclic) bond motifs is 8. The molecule has 0 saturated carbocycles. The Bertz CT molecular complexity index is 1980. The molecule has 6 aliphatic rings. The van der Waals surface area contributed by atoms with Gasteiger partial charge in [0, 0.05) is 35.2 Å². The molecule has 0 spiro atoms. The second kappa shape index (κ2) is 7.49. The number of hydrogen-bond acceptors (Lipinski definition) is 2. The highest BCUT2D eigenvalue weighted by Gasteiger charge is 2.66. The minimum Gasteiger partial charge on any atom is -0.284 e. The number of benzene rings is 5. The van der Waals surface area contributed by atoms with Gasteiger partial charge in [0.15, 0.2) is 0 Å². The van der Waals surface area contributed by atoms with Gasteiger partial charge >= 0.3 is 0 Å². The second-order valence-corrected chi connectivity index (χ2v) is 16.0. The van der Waals surface area contributed by atoms with Gasteiger partial charge < -0.3 is 0 Å². The molecule has 218 valence electrons. The van der Waals surface area contributed by atoms with E-state index in [4.69, 9.17) is 0 Å². The van der Waals surface area contributed by atoms with Crippen molar-refractivity contribution in [1.82, 2.24) is 9.80 Å². The number of piperidine rings is 2. The summed E-state index contributed by atoms with van der Waals surface area (Å²) in [4.78, 5) is 5.65. The summed E-state index contributed by atoms with van der Waals surface area (Å²) >= 11 is 0. The highest BCUT2D eigenvalue weighted by molar-refractivity contribution is 6.22. The lowest BCUT2D eigenvalue weighted by atomic mass is 9.68. The van der Waals surface area contributed by atoms with Gasteiger partial charge in [-0.05, 0) is 156 Å². The first-order valence-electron chi connectivity index (χ1n) is 17.0. The van der Waals surface area contributed by atoms with Crippen LogP contribution in [-0.2, 0) is 0 Å². The first-order valence-corrected chi connectivity index (χ1v) is 17.0. The zero-order chi connectivity index (χ0) is 29.6. The molecular formula is C42H40N2. The summed E-state index contributed by atoms with van der Waals surface area (Å²) in [5.74, 6) is 0. The molecule has 5 aromatic rings. The Balaban J connectivity index is 1.27. The molecule has 4 saturated heterocycles. The van der Waals surface area contributed by atoms with Gasteiger partial charge in [0.1, 0.15) is 0 Å². The van der Waals surface area contributed by atoms with Crippen molar-refractivity contribution in [2.45, 2.75) is 102 Å². The van der Waals surface area contributed by atoms with E-state index in [0.717, 1.165) is 0 Å². The maximum absolute atomic E-state index is 2.83. The Kier molecular flexibility index (Phi) is 4.22. The third-order valence-electron chi connectivity index (χ3n) is 13.7. The molecule has 0 radical (unpaired) electrons. The van der Waals surface area contributed by atoms with Crippen molar-refractivity contribution in [3.05, 3.63) is 105 Å². The van der Waals surface area contributed by atoms with Gasteiger partial charge in [-0.3, -0.25) is 9.80 Å². The number of hydrogen-bond donors (Lipinski definition) is 0. The summed E-state index contributed by atoms with van der Waals surface area (Å²) in [6.45, 7) is 14.2. The summed E-state index contributed by atoms with van der Waals surface area (Å²) in [7, 11) is 0. The summed E-state index contributed by atoms with van der Waals surface area (Å²) in [5, 5.41) is 5.73. The van der Waals surface area contributed by atoms with Crippen LogP contribution in [0.1, 0.15) is 108 Å². The molecule has 0 bridgehead atoms. The smallest absolute Gasteiger partial charge is 0.0386 e. The zero-order valence-electron chi connectivity index (χ0n) is 26.8. The second-order valence-electron chi connectivity index (χ2n) is 16.0. The highest BCUT2D eigenvalue weighted by atomic mass is 15.4. The van der Waals surface area contributed by atoms with Crippen LogP contribution in [-0.4, -0.2) is 20.9 Å². The van der Waals surface area contributed by atoms with Crippen LogP contribution in [0.2, 0.25) is 0 Å². The summed E-state index contributed by atoms with van der Waals surface area (Å²) in [6, 6.07) is 27.0. The molecule has 2 heteroatoms. The molecule has 0 N–H and O–H groups in total. The Morgan fingerprint density at radius 3 is 1.18 bits per heavy atom. The lowest BCUT2D eigenvalue weighted by Crippen LogP contribution is -2.66. The molecule has 2 nitrogen and oxygen atoms in total. The molecule has 6 unspecified atom stereocenters. The van der Waals surface area contributed by atoms with Crippen molar-refractivity contribution in [2.75, 3.05) is 0 Å². The predicted octanol–water partition coefficient (Wildman–Crippen LogP) is 10.5. The Morgan fingerprint density at radius 1 is 0.500 bits per heavy atom. The first kappa shape index (κ1) is 24.8. The Hall–Kier alpha value is -3.46. The Morgan fingerprint density at radius 2 is 0.841 bits per heavy atom. The molecule has 0 aromatic heterocycles.